The molecule has 0 N–H and O–H groups in total. The van der Waals surface area contributed by atoms with Crippen LogP contribution < -0.4 is 5.56 Å². The van der Waals surface area contributed by atoms with Gasteiger partial charge in [-0.15, -0.1) is 10.2 Å². The minimum absolute atomic E-state index is 0.118. The molecule has 0 unspecified atom stereocenters. The van der Waals surface area contributed by atoms with Crippen molar-refractivity contribution in [3.8, 4) is 5.69 Å². The quantitative estimate of drug-likeness (QED) is 0.0696. The number of pyridine rings is 1. The Hall–Kier alpha value is -3.93. The van der Waals surface area contributed by atoms with Crippen LogP contribution in [0.5, 0.6) is 0 Å². The molecule has 2 fully saturated rings. The molecule has 1 aliphatic carbocycles. The average molecular weight is 779 g/mol. The summed E-state index contributed by atoms with van der Waals surface area (Å²) in [4.78, 5) is 29.9. The van der Waals surface area contributed by atoms with Crippen molar-refractivity contribution in [1.82, 2.24) is 28.8 Å². The molecule has 0 bridgehead atoms. The predicted octanol–water partition coefficient (Wildman–Crippen LogP) is 10.1. The van der Waals surface area contributed by atoms with Crippen molar-refractivity contribution < 1.29 is 22.7 Å². The van der Waals surface area contributed by atoms with Gasteiger partial charge in [-0.05, 0) is 74.2 Å². The smallest absolute Gasteiger partial charge is 0.418 e. The van der Waals surface area contributed by atoms with Gasteiger partial charge in [0.15, 0.2) is 6.73 Å². The zero-order valence-corrected chi connectivity index (χ0v) is 33.9. The lowest BCUT2D eigenvalue weighted by molar-refractivity contribution is -0.147. The molecule has 1 aromatic carbocycles. The average Bonchev–Trinajstić information content (AvgIpc) is 3.74. The summed E-state index contributed by atoms with van der Waals surface area (Å²) >= 11 is 0. The third-order valence-corrected chi connectivity index (χ3v) is 12.1. The number of hydrogen-bond donors (Lipinski definition) is 0. The number of rotatable bonds is 19. The second-order valence-corrected chi connectivity index (χ2v) is 16.9. The zero-order chi connectivity index (χ0) is 39.9. The molecule has 2 aliphatic rings. The van der Waals surface area contributed by atoms with Gasteiger partial charge in [0, 0.05) is 49.5 Å². The Kier molecular flexibility index (Phi) is 13.8. The number of halogens is 3. The molecule has 3 aromatic heterocycles. The molecule has 306 valence electrons. The summed E-state index contributed by atoms with van der Waals surface area (Å²) in [7, 11) is 1.89. The van der Waals surface area contributed by atoms with Gasteiger partial charge in [-0.1, -0.05) is 97.1 Å². The molecule has 56 heavy (non-hydrogen) atoms. The van der Waals surface area contributed by atoms with Crippen molar-refractivity contribution in [2.24, 2.45) is 18.9 Å². The highest BCUT2D eigenvalue weighted by Gasteiger charge is 2.48. The molecule has 0 spiro atoms. The fraction of sp³-hybridized carbons (Fsp3) is 0.636. The summed E-state index contributed by atoms with van der Waals surface area (Å²) in [6.45, 7) is 8.18. The summed E-state index contributed by atoms with van der Waals surface area (Å²) in [6, 6.07) is 8.70. The molecule has 6 rings (SSSR count). The maximum Gasteiger partial charge on any atom is 0.418 e. The fourth-order valence-corrected chi connectivity index (χ4v) is 9.25. The maximum atomic E-state index is 15.0. The molecule has 9 nitrogen and oxygen atoms in total. The van der Waals surface area contributed by atoms with Gasteiger partial charge >= 0.3 is 12.1 Å². The second kappa shape index (κ2) is 18.6. The number of esters is 1. The van der Waals surface area contributed by atoms with Gasteiger partial charge < -0.3 is 13.9 Å². The van der Waals surface area contributed by atoms with Crippen molar-refractivity contribution in [3.05, 3.63) is 75.9 Å². The van der Waals surface area contributed by atoms with E-state index in [4.69, 9.17) is 4.74 Å². The minimum Gasteiger partial charge on any atom is -0.444 e. The van der Waals surface area contributed by atoms with Gasteiger partial charge in [0.1, 0.15) is 17.7 Å². The third kappa shape index (κ3) is 9.60. The van der Waals surface area contributed by atoms with Crippen molar-refractivity contribution >= 4 is 16.9 Å². The van der Waals surface area contributed by atoms with Crippen LogP contribution in [-0.4, -0.2) is 47.9 Å². The van der Waals surface area contributed by atoms with Crippen LogP contribution in [0.1, 0.15) is 146 Å². The number of nitrogens with zero attached hydrogens (tertiary/aromatic N) is 6. The molecule has 1 aliphatic heterocycles. The molecule has 4 aromatic rings. The summed E-state index contributed by atoms with van der Waals surface area (Å²) in [6.07, 6.45) is 14.5. The summed E-state index contributed by atoms with van der Waals surface area (Å²) in [5.41, 5.74) is -0.368. The van der Waals surface area contributed by atoms with E-state index < -0.39 is 28.7 Å². The molecular formula is C44H61F3N6O3. The number of ether oxygens (including phenoxy) is 1. The Morgan fingerprint density at radius 2 is 1.66 bits per heavy atom. The number of carbonyl (C=O) groups is 1. The van der Waals surface area contributed by atoms with Gasteiger partial charge in [-0.2, -0.15) is 13.2 Å². The summed E-state index contributed by atoms with van der Waals surface area (Å²) in [5.74, 6) is 1.24. The number of fused-ring (bicyclic) bond motifs is 1. The Labute approximate surface area is 329 Å². The second-order valence-electron chi connectivity index (χ2n) is 16.9. The van der Waals surface area contributed by atoms with E-state index in [0.29, 0.717) is 36.2 Å². The highest BCUT2D eigenvalue weighted by molar-refractivity contribution is 5.85. The first-order valence-corrected chi connectivity index (χ1v) is 21.1. The molecule has 1 atom stereocenters. The van der Waals surface area contributed by atoms with Gasteiger partial charge in [-0.3, -0.25) is 19.1 Å². The van der Waals surface area contributed by atoms with Crippen LogP contribution in [-0.2, 0) is 41.4 Å². The highest BCUT2D eigenvalue weighted by Crippen LogP contribution is 2.51. The molecule has 4 heterocycles. The van der Waals surface area contributed by atoms with Crippen molar-refractivity contribution in [1.29, 1.82) is 0 Å². The predicted molar refractivity (Wildman–Crippen MR) is 214 cm³/mol. The lowest BCUT2D eigenvalue weighted by atomic mass is 9.58. The third-order valence-electron chi connectivity index (χ3n) is 12.1. The van der Waals surface area contributed by atoms with Gasteiger partial charge in [0.05, 0.1) is 11.0 Å². The van der Waals surface area contributed by atoms with E-state index in [1.807, 2.05) is 23.7 Å². The van der Waals surface area contributed by atoms with Gasteiger partial charge in [-0.25, -0.2) is 0 Å². The SMILES string of the molecule is CCCCCCCCCCCCCC(=O)OCn1c(CN2CCC[C@H](C)C2)cc2c(C(F)(F)F)cn(-c3cccc(C4(c5nncn5C)CC(C)C4)c3)c(=O)c21. The number of unbranched alkanes of at least 4 members (excludes halogenated alkanes) is 10. The van der Waals surface area contributed by atoms with Crippen molar-refractivity contribution in [2.75, 3.05) is 13.1 Å². The van der Waals surface area contributed by atoms with Crippen molar-refractivity contribution in [2.45, 2.75) is 148 Å². The number of benzene rings is 1. The molecule has 0 amide bonds. The Balaban J connectivity index is 1.27. The molecular weight excluding hydrogens is 718 g/mol. The molecule has 1 saturated heterocycles. The number of hydrogen-bond acceptors (Lipinski definition) is 6. The lowest BCUT2D eigenvalue weighted by Crippen LogP contribution is -2.43. The first-order valence-electron chi connectivity index (χ1n) is 21.1. The fourth-order valence-electron chi connectivity index (χ4n) is 9.25. The zero-order valence-electron chi connectivity index (χ0n) is 33.9. The largest absolute Gasteiger partial charge is 0.444 e. The number of aromatic nitrogens is 5. The van der Waals surface area contributed by atoms with E-state index in [2.05, 4.69) is 35.9 Å². The molecule has 12 heteroatoms. The van der Waals surface area contributed by atoms with Gasteiger partial charge in [0.25, 0.3) is 5.56 Å². The number of likely N-dealkylation sites (tertiary alicyclic amines) is 1. The van der Waals surface area contributed by atoms with E-state index in [-0.39, 0.29) is 24.1 Å². The minimum atomic E-state index is -4.75. The number of piperidine rings is 1. The molecule has 1 saturated carbocycles. The molecule has 0 radical (unpaired) electrons. The summed E-state index contributed by atoms with van der Waals surface area (Å²) in [5, 5.41) is 8.35. The number of aryl methyl sites for hydroxylation is 1. The standard InChI is InChI=1S/C44H61F3N6O3/c1-5-6-7-8-9-10-11-12-13-14-15-21-39(54)56-31-53-36(28-51-22-17-18-32(2)27-51)24-37-38(44(45,46)47)29-52(41(55)40(37)53)35-20-16-19-34(23-35)43(25-33(3)26-43)42-49-48-30-50(42)4/h16,19-20,23-24,29-30,32-33H,5-15,17-18,21-22,25-28,31H2,1-4H3/t32-,33?,43?/m0/s1. The Morgan fingerprint density at radius 3 is 2.29 bits per heavy atom. The Morgan fingerprint density at radius 1 is 0.964 bits per heavy atom. The van der Waals surface area contributed by atoms with Crippen LogP contribution in [0.15, 0.2) is 47.7 Å². The normalized spacial score (nSPS) is 20.4. The first-order chi connectivity index (χ1) is 26.9. The van der Waals surface area contributed by atoms with E-state index in [9.17, 15) is 9.59 Å². The van der Waals surface area contributed by atoms with Crippen LogP contribution >= 0.6 is 0 Å². The first kappa shape index (κ1) is 41.7. The van der Waals surface area contributed by atoms with Gasteiger partial charge in [0.2, 0.25) is 0 Å². The number of alkyl halides is 3. The number of carbonyl (C=O) groups excluding carboxylic acids is 1. The maximum absolute atomic E-state index is 15.0. The van der Waals surface area contributed by atoms with Crippen LogP contribution in [0.4, 0.5) is 13.2 Å². The topological polar surface area (TPSA) is 87.2 Å². The van der Waals surface area contributed by atoms with Crippen LogP contribution in [0.2, 0.25) is 0 Å². The van der Waals surface area contributed by atoms with Crippen LogP contribution in [0, 0.1) is 11.8 Å². The van der Waals surface area contributed by atoms with E-state index in [1.165, 1.54) is 55.6 Å². The van der Waals surface area contributed by atoms with E-state index in [0.717, 1.165) is 80.2 Å². The van der Waals surface area contributed by atoms with E-state index >= 15 is 13.2 Å². The van der Waals surface area contributed by atoms with Crippen LogP contribution in [0.25, 0.3) is 16.6 Å². The monoisotopic (exact) mass is 778 g/mol. The van der Waals surface area contributed by atoms with Crippen LogP contribution in [0.3, 0.4) is 0 Å². The summed E-state index contributed by atoms with van der Waals surface area (Å²) < 4.78 is 55.3. The lowest BCUT2D eigenvalue weighted by Gasteiger charge is -2.46. The Bertz CT molecular complexity index is 1970. The van der Waals surface area contributed by atoms with Crippen molar-refractivity contribution in [3.63, 3.8) is 0 Å². The van der Waals surface area contributed by atoms with E-state index in [1.54, 1.807) is 18.5 Å². The highest BCUT2D eigenvalue weighted by atomic mass is 19.4.